The van der Waals surface area contributed by atoms with Gasteiger partial charge in [-0.05, 0) is 24.3 Å². The lowest BCUT2D eigenvalue weighted by molar-refractivity contribution is 1.09. The Morgan fingerprint density at radius 3 is 1.64 bits per heavy atom. The van der Waals surface area contributed by atoms with Crippen LogP contribution in [0, 0.1) is 0 Å². The highest BCUT2D eigenvalue weighted by atomic mass is 32.1. The summed E-state index contributed by atoms with van der Waals surface area (Å²) in [6.45, 7) is 0. The zero-order chi connectivity index (χ0) is 14.5. The number of aromatic nitrogens is 6. The zero-order valence-corrected chi connectivity index (χ0v) is 12.7. The van der Waals surface area contributed by atoms with E-state index in [0.717, 1.165) is 41.8 Å². The van der Waals surface area contributed by atoms with Gasteiger partial charge in [-0.25, -0.2) is 9.97 Å². The van der Waals surface area contributed by atoms with Gasteiger partial charge in [-0.3, -0.25) is 10.2 Å². The molecule has 1 aromatic carbocycles. The highest BCUT2D eigenvalue weighted by Gasteiger charge is 2.12. The molecule has 22 heavy (non-hydrogen) atoms. The van der Waals surface area contributed by atoms with E-state index < -0.39 is 0 Å². The van der Waals surface area contributed by atoms with E-state index in [4.69, 9.17) is 0 Å². The molecule has 0 bridgehead atoms. The number of rotatable bonds is 2. The van der Waals surface area contributed by atoms with Crippen molar-refractivity contribution >= 4 is 43.1 Å². The van der Waals surface area contributed by atoms with E-state index in [9.17, 15) is 0 Å². The maximum atomic E-state index is 4.68. The molecule has 2 N–H and O–H groups in total. The van der Waals surface area contributed by atoms with Gasteiger partial charge < -0.3 is 0 Å². The predicted molar refractivity (Wildman–Crippen MR) is 88.0 cm³/mol. The van der Waals surface area contributed by atoms with Gasteiger partial charge in [0.25, 0.3) is 0 Å². The van der Waals surface area contributed by atoms with Crippen molar-refractivity contribution in [1.29, 1.82) is 0 Å². The van der Waals surface area contributed by atoms with E-state index >= 15 is 0 Å². The van der Waals surface area contributed by atoms with Crippen molar-refractivity contribution < 1.29 is 0 Å². The zero-order valence-electron chi connectivity index (χ0n) is 11.1. The minimum Gasteiger partial charge on any atom is -0.275 e. The molecule has 0 aliphatic carbocycles. The Morgan fingerprint density at radius 1 is 0.727 bits per heavy atom. The van der Waals surface area contributed by atoms with Crippen LogP contribution in [0.4, 0.5) is 0 Å². The largest absolute Gasteiger partial charge is 0.275 e. The summed E-state index contributed by atoms with van der Waals surface area (Å²) in [7, 11) is 0. The number of hydrogen-bond acceptors (Lipinski definition) is 6. The molecule has 0 fully saturated rings. The molecule has 0 radical (unpaired) electrons. The van der Waals surface area contributed by atoms with Gasteiger partial charge in [0.2, 0.25) is 0 Å². The number of benzene rings is 1. The molecule has 6 nitrogen and oxygen atoms in total. The van der Waals surface area contributed by atoms with E-state index in [0.29, 0.717) is 0 Å². The monoisotopic (exact) mass is 324 g/mol. The Bertz CT molecular complexity index is 937. The van der Waals surface area contributed by atoms with Gasteiger partial charge in [0.05, 0.1) is 31.8 Å². The van der Waals surface area contributed by atoms with Crippen LogP contribution in [0.1, 0.15) is 0 Å². The van der Waals surface area contributed by atoms with Gasteiger partial charge >= 0.3 is 0 Å². The molecule has 0 amide bonds. The minimum atomic E-state index is 0.940. The van der Waals surface area contributed by atoms with Crippen molar-refractivity contribution in [3.63, 3.8) is 0 Å². The van der Waals surface area contributed by atoms with Gasteiger partial charge in [0, 0.05) is 12.4 Å². The molecular formula is C14H8N6S2. The molecule has 5 rings (SSSR count). The van der Waals surface area contributed by atoms with Crippen LogP contribution in [-0.4, -0.2) is 30.4 Å². The maximum absolute atomic E-state index is 4.68. The minimum absolute atomic E-state index is 0.940. The number of nitrogens with one attached hydrogen (secondary N) is 2. The summed E-state index contributed by atoms with van der Waals surface area (Å²) < 4.78 is 2.25. The molecule has 4 aromatic heterocycles. The van der Waals surface area contributed by atoms with Gasteiger partial charge in [-0.1, -0.05) is 0 Å². The van der Waals surface area contributed by atoms with Gasteiger partial charge in [0.1, 0.15) is 10.0 Å². The SMILES string of the molecule is c1cc(-c2nc3cc4sc(-c5ccn[nH]5)nc4cc3s2)[nH]n1. The Kier molecular flexibility index (Phi) is 2.43. The van der Waals surface area contributed by atoms with Crippen LogP contribution in [-0.2, 0) is 0 Å². The van der Waals surface area contributed by atoms with Gasteiger partial charge in [-0.2, -0.15) is 10.2 Å². The van der Waals surface area contributed by atoms with Crippen molar-refractivity contribution in [3.05, 3.63) is 36.7 Å². The fourth-order valence-electron chi connectivity index (χ4n) is 2.33. The number of H-pyrrole nitrogens is 2. The van der Waals surface area contributed by atoms with Crippen LogP contribution < -0.4 is 0 Å². The van der Waals surface area contributed by atoms with Crippen molar-refractivity contribution in [2.75, 3.05) is 0 Å². The van der Waals surface area contributed by atoms with E-state index in [2.05, 4.69) is 42.5 Å². The van der Waals surface area contributed by atoms with Crippen molar-refractivity contribution in [3.8, 4) is 21.4 Å². The summed E-state index contributed by atoms with van der Waals surface area (Å²) in [5.41, 5.74) is 3.86. The lowest BCUT2D eigenvalue weighted by Gasteiger charge is -1.86. The van der Waals surface area contributed by atoms with Crippen LogP contribution in [0.3, 0.4) is 0 Å². The first-order valence-corrected chi connectivity index (χ1v) is 8.21. The second-order valence-corrected chi connectivity index (χ2v) is 6.83. The molecule has 0 spiro atoms. The summed E-state index contributed by atoms with van der Waals surface area (Å²) in [5, 5.41) is 15.7. The Labute approximate surface area is 131 Å². The summed E-state index contributed by atoms with van der Waals surface area (Å²) in [6.07, 6.45) is 3.47. The fourth-order valence-corrected chi connectivity index (χ4v) is 4.24. The Balaban J connectivity index is 1.69. The number of thiazole rings is 2. The molecular weight excluding hydrogens is 316 g/mol. The summed E-state index contributed by atoms with van der Waals surface area (Å²) in [6, 6.07) is 8.04. The molecule has 4 heterocycles. The Morgan fingerprint density at radius 2 is 1.23 bits per heavy atom. The number of fused-ring (bicyclic) bond motifs is 2. The summed E-state index contributed by atoms with van der Waals surface area (Å²) in [5.74, 6) is 0. The van der Waals surface area contributed by atoms with Crippen LogP contribution in [0.25, 0.3) is 41.8 Å². The van der Waals surface area contributed by atoms with Crippen molar-refractivity contribution in [2.24, 2.45) is 0 Å². The molecule has 0 unspecified atom stereocenters. The molecule has 0 saturated heterocycles. The maximum Gasteiger partial charge on any atom is 0.142 e. The molecule has 8 heteroatoms. The Hall–Kier alpha value is -2.58. The third kappa shape index (κ3) is 1.78. The van der Waals surface area contributed by atoms with Crippen LogP contribution in [0.5, 0.6) is 0 Å². The second-order valence-electron chi connectivity index (χ2n) is 4.77. The first-order valence-electron chi connectivity index (χ1n) is 6.57. The van der Waals surface area contributed by atoms with E-state index in [1.807, 2.05) is 12.1 Å². The standard InChI is InChI=1S/C14H8N6S2/c1-3-15-19-7(1)13-17-9-5-12-10(6-11(9)21-13)18-14(22-12)8-2-4-16-20-8/h1-6H,(H,15,19)(H,16,20). The lowest BCUT2D eigenvalue weighted by Crippen LogP contribution is -1.75. The highest BCUT2D eigenvalue weighted by molar-refractivity contribution is 7.23. The van der Waals surface area contributed by atoms with Crippen molar-refractivity contribution in [2.45, 2.75) is 0 Å². The second kappa shape index (κ2) is 4.46. The molecule has 106 valence electrons. The molecule has 5 aromatic rings. The number of aromatic amines is 2. The first-order chi connectivity index (χ1) is 10.9. The number of nitrogens with zero attached hydrogens (tertiary/aromatic N) is 4. The molecule has 0 aliphatic rings. The van der Waals surface area contributed by atoms with E-state index in [1.165, 1.54) is 0 Å². The van der Waals surface area contributed by atoms with Crippen LogP contribution >= 0.6 is 22.7 Å². The smallest absolute Gasteiger partial charge is 0.142 e. The average Bonchev–Trinajstić information content (AvgIpc) is 3.27. The third-order valence-electron chi connectivity index (χ3n) is 3.36. The fraction of sp³-hybridized carbons (Fsp3) is 0. The van der Waals surface area contributed by atoms with Crippen LogP contribution in [0.15, 0.2) is 36.7 Å². The summed E-state index contributed by atoms with van der Waals surface area (Å²) in [4.78, 5) is 9.37. The first kappa shape index (κ1) is 12.0. The number of hydrogen-bond donors (Lipinski definition) is 2. The average molecular weight is 324 g/mol. The normalized spacial score (nSPS) is 11.6. The third-order valence-corrected chi connectivity index (χ3v) is 5.46. The van der Waals surface area contributed by atoms with E-state index in [1.54, 1.807) is 35.1 Å². The van der Waals surface area contributed by atoms with Gasteiger partial charge in [-0.15, -0.1) is 22.7 Å². The van der Waals surface area contributed by atoms with Crippen molar-refractivity contribution in [1.82, 2.24) is 30.4 Å². The highest BCUT2D eigenvalue weighted by Crippen LogP contribution is 2.35. The lowest BCUT2D eigenvalue weighted by atomic mass is 10.3. The van der Waals surface area contributed by atoms with Crippen LogP contribution in [0.2, 0.25) is 0 Å². The molecule has 0 aliphatic heterocycles. The quantitative estimate of drug-likeness (QED) is 0.519. The topological polar surface area (TPSA) is 83.1 Å². The predicted octanol–water partition coefficient (Wildman–Crippen LogP) is 3.69. The molecule has 0 saturated carbocycles. The summed E-state index contributed by atoms with van der Waals surface area (Å²) >= 11 is 3.28. The molecule has 0 atom stereocenters. The van der Waals surface area contributed by atoms with Gasteiger partial charge in [0.15, 0.2) is 0 Å². The van der Waals surface area contributed by atoms with E-state index in [-0.39, 0.29) is 0 Å².